The van der Waals surface area contributed by atoms with Gasteiger partial charge in [-0.2, -0.15) is 5.26 Å². The number of anilines is 1. The fourth-order valence-electron chi connectivity index (χ4n) is 3.83. The molecule has 2 aromatic rings. The topological polar surface area (TPSA) is 69.3 Å². The van der Waals surface area contributed by atoms with E-state index in [0.29, 0.717) is 52.2 Å². The van der Waals surface area contributed by atoms with Gasteiger partial charge in [0, 0.05) is 32.2 Å². The predicted molar refractivity (Wildman–Crippen MR) is 135 cm³/mol. The van der Waals surface area contributed by atoms with E-state index in [4.69, 9.17) is 12.2 Å². The summed E-state index contributed by atoms with van der Waals surface area (Å²) in [6.07, 6.45) is 2.49. The maximum Gasteiger partial charge on any atom is 0.270 e. The highest BCUT2D eigenvalue weighted by Gasteiger charge is 2.32. The Kier molecular flexibility index (Phi) is 7.54. The molecule has 6 nitrogen and oxygen atoms in total. The summed E-state index contributed by atoms with van der Waals surface area (Å²) in [6.45, 7) is 7.66. The van der Waals surface area contributed by atoms with Gasteiger partial charge >= 0.3 is 0 Å². The van der Waals surface area contributed by atoms with E-state index in [2.05, 4.69) is 4.90 Å². The lowest BCUT2D eigenvalue weighted by Crippen LogP contribution is -2.33. The van der Waals surface area contributed by atoms with Gasteiger partial charge in [0.25, 0.3) is 11.5 Å². The lowest BCUT2D eigenvalue weighted by molar-refractivity contribution is -0.122. The van der Waals surface area contributed by atoms with Crippen LogP contribution in [0.3, 0.4) is 0 Å². The summed E-state index contributed by atoms with van der Waals surface area (Å²) in [7, 11) is 1.67. The number of carbonyl (C=O) groups is 1. The number of nitrogens with zero attached hydrogens (tertiary/aromatic N) is 4. The Hall–Kier alpha value is -2.89. The van der Waals surface area contributed by atoms with Crippen molar-refractivity contribution in [2.24, 2.45) is 7.05 Å². The van der Waals surface area contributed by atoms with Gasteiger partial charge in [-0.05, 0) is 44.4 Å². The molecule has 0 atom stereocenters. The zero-order chi connectivity index (χ0) is 23.4. The van der Waals surface area contributed by atoms with Crippen molar-refractivity contribution in [3.63, 3.8) is 0 Å². The SMILES string of the molecule is CCN(CC)c1c(C=C2SC(=S)N(CCc3ccccc3)C2=O)c(C)c(C#N)c(=O)n1C. The van der Waals surface area contributed by atoms with Crippen molar-refractivity contribution >= 4 is 46.1 Å². The number of rotatable bonds is 7. The Labute approximate surface area is 198 Å². The average Bonchev–Trinajstić information content (AvgIpc) is 3.06. The van der Waals surface area contributed by atoms with E-state index >= 15 is 0 Å². The standard InChI is InChI=1S/C24H26N4O2S2/c1-5-27(6-2)21-18(16(3)19(15-25)22(29)26(21)4)14-20-23(30)28(24(31)32-20)13-12-17-10-8-7-9-11-17/h7-11,14H,5-6,12-13H2,1-4H3. The van der Waals surface area contributed by atoms with Crippen LogP contribution >= 0.6 is 24.0 Å². The molecule has 32 heavy (non-hydrogen) atoms. The fourth-order valence-corrected chi connectivity index (χ4v) is 5.12. The monoisotopic (exact) mass is 466 g/mol. The van der Waals surface area contributed by atoms with Gasteiger partial charge in [0.05, 0.1) is 4.91 Å². The van der Waals surface area contributed by atoms with Crippen LogP contribution < -0.4 is 10.5 Å². The number of carbonyl (C=O) groups excluding carboxylic acids is 1. The lowest BCUT2D eigenvalue weighted by Gasteiger charge is -2.27. The summed E-state index contributed by atoms with van der Waals surface area (Å²) < 4.78 is 2.02. The molecular formula is C24H26N4O2S2. The smallest absolute Gasteiger partial charge is 0.270 e. The van der Waals surface area contributed by atoms with E-state index in [1.807, 2.05) is 50.2 Å². The van der Waals surface area contributed by atoms with E-state index in [-0.39, 0.29) is 17.0 Å². The molecule has 0 N–H and O–H groups in total. The first-order chi connectivity index (χ1) is 15.3. The van der Waals surface area contributed by atoms with Crippen LogP contribution in [0.25, 0.3) is 6.08 Å². The van der Waals surface area contributed by atoms with Crippen LogP contribution in [0.4, 0.5) is 5.82 Å². The molecule has 0 radical (unpaired) electrons. The number of benzene rings is 1. The third kappa shape index (κ3) is 4.50. The molecule has 1 aromatic heterocycles. The van der Waals surface area contributed by atoms with Crippen molar-refractivity contribution in [2.45, 2.75) is 27.2 Å². The summed E-state index contributed by atoms with van der Waals surface area (Å²) in [5, 5.41) is 9.57. The highest BCUT2D eigenvalue weighted by molar-refractivity contribution is 8.26. The van der Waals surface area contributed by atoms with Crippen molar-refractivity contribution in [1.82, 2.24) is 9.47 Å². The van der Waals surface area contributed by atoms with Gasteiger partial charge in [-0.15, -0.1) is 0 Å². The molecule has 1 aliphatic rings. The Morgan fingerprint density at radius 3 is 2.44 bits per heavy atom. The molecule has 1 amide bonds. The summed E-state index contributed by atoms with van der Waals surface area (Å²) >= 11 is 6.75. The van der Waals surface area contributed by atoms with E-state index in [9.17, 15) is 14.9 Å². The Morgan fingerprint density at radius 2 is 1.84 bits per heavy atom. The third-order valence-electron chi connectivity index (χ3n) is 5.65. The van der Waals surface area contributed by atoms with Crippen LogP contribution in [0, 0.1) is 18.3 Å². The molecule has 1 saturated heterocycles. The average molecular weight is 467 g/mol. The molecule has 166 valence electrons. The van der Waals surface area contributed by atoms with Crippen LogP contribution in [0.1, 0.15) is 36.1 Å². The third-order valence-corrected chi connectivity index (χ3v) is 7.02. The van der Waals surface area contributed by atoms with Gasteiger partial charge in [-0.3, -0.25) is 19.1 Å². The first-order valence-corrected chi connectivity index (χ1v) is 11.7. The lowest BCUT2D eigenvalue weighted by atomic mass is 10.0. The van der Waals surface area contributed by atoms with E-state index in [1.165, 1.54) is 16.3 Å². The molecule has 1 aliphatic heterocycles. The molecule has 0 spiro atoms. The highest BCUT2D eigenvalue weighted by Crippen LogP contribution is 2.35. The minimum atomic E-state index is -0.334. The van der Waals surface area contributed by atoms with Crippen molar-refractivity contribution < 1.29 is 4.79 Å². The number of pyridine rings is 1. The van der Waals surface area contributed by atoms with Gasteiger partial charge < -0.3 is 4.90 Å². The molecule has 3 rings (SSSR count). The van der Waals surface area contributed by atoms with Crippen LogP contribution in [0.15, 0.2) is 40.0 Å². The van der Waals surface area contributed by atoms with Crippen molar-refractivity contribution in [1.29, 1.82) is 5.26 Å². The second kappa shape index (κ2) is 10.2. The van der Waals surface area contributed by atoms with Crippen LogP contribution in [-0.2, 0) is 18.3 Å². The summed E-state index contributed by atoms with van der Waals surface area (Å²) in [4.78, 5) is 30.1. The van der Waals surface area contributed by atoms with Crippen LogP contribution in [0.2, 0.25) is 0 Å². The van der Waals surface area contributed by atoms with Crippen molar-refractivity contribution in [3.05, 3.63) is 67.8 Å². The normalized spacial score (nSPS) is 14.8. The van der Waals surface area contributed by atoms with Crippen LogP contribution in [0.5, 0.6) is 0 Å². The maximum absolute atomic E-state index is 13.2. The maximum atomic E-state index is 13.2. The Morgan fingerprint density at radius 1 is 1.19 bits per heavy atom. The number of thioether (sulfide) groups is 1. The van der Waals surface area contributed by atoms with E-state index < -0.39 is 0 Å². The van der Waals surface area contributed by atoms with Gasteiger partial charge in [0.1, 0.15) is 21.8 Å². The van der Waals surface area contributed by atoms with Crippen LogP contribution in [-0.4, -0.2) is 39.3 Å². The first kappa shape index (κ1) is 23.8. The largest absolute Gasteiger partial charge is 0.358 e. The predicted octanol–water partition coefficient (Wildman–Crippen LogP) is 3.86. The number of aromatic nitrogens is 1. The van der Waals surface area contributed by atoms with Crippen molar-refractivity contribution in [3.8, 4) is 6.07 Å². The zero-order valence-corrected chi connectivity index (χ0v) is 20.3. The quantitative estimate of drug-likeness (QED) is 0.456. The summed E-state index contributed by atoms with van der Waals surface area (Å²) in [5.41, 5.74) is 2.18. The molecule has 0 bridgehead atoms. The zero-order valence-electron chi connectivity index (χ0n) is 18.7. The second-order valence-corrected chi connectivity index (χ2v) is 9.13. The fraction of sp³-hybridized carbons (Fsp3) is 0.333. The second-order valence-electron chi connectivity index (χ2n) is 7.45. The minimum absolute atomic E-state index is 0.0919. The van der Waals surface area contributed by atoms with Crippen molar-refractivity contribution in [2.75, 3.05) is 24.5 Å². The minimum Gasteiger partial charge on any atom is -0.358 e. The molecule has 2 heterocycles. The molecule has 0 unspecified atom stereocenters. The molecular weight excluding hydrogens is 440 g/mol. The molecule has 0 aliphatic carbocycles. The summed E-state index contributed by atoms with van der Waals surface area (Å²) in [5.74, 6) is 0.555. The van der Waals surface area contributed by atoms with E-state index in [0.717, 1.165) is 5.56 Å². The molecule has 8 heteroatoms. The van der Waals surface area contributed by atoms with Gasteiger partial charge in [0.2, 0.25) is 0 Å². The van der Waals surface area contributed by atoms with E-state index in [1.54, 1.807) is 24.9 Å². The summed E-state index contributed by atoms with van der Waals surface area (Å²) in [6, 6.07) is 12.0. The number of thiocarbonyl (C=S) groups is 1. The molecule has 0 saturated carbocycles. The molecule has 1 aromatic carbocycles. The Bertz CT molecular complexity index is 1180. The number of hydrogen-bond acceptors (Lipinski definition) is 6. The highest BCUT2D eigenvalue weighted by atomic mass is 32.2. The number of amides is 1. The van der Waals surface area contributed by atoms with Gasteiger partial charge in [-0.1, -0.05) is 54.3 Å². The molecule has 1 fully saturated rings. The Balaban J connectivity index is 2.03. The van der Waals surface area contributed by atoms with Gasteiger partial charge in [0.15, 0.2) is 0 Å². The number of hydrogen-bond donors (Lipinski definition) is 0. The number of nitriles is 1. The first-order valence-electron chi connectivity index (χ1n) is 10.5. The van der Waals surface area contributed by atoms with Gasteiger partial charge in [-0.25, -0.2) is 0 Å².